The van der Waals surface area contributed by atoms with Crippen LogP contribution < -0.4 is 5.32 Å². The number of hydrogen-bond donors (Lipinski definition) is 1. The highest BCUT2D eigenvalue weighted by atomic mass is 35.5. The number of aromatic nitrogens is 3. The van der Waals surface area contributed by atoms with Crippen molar-refractivity contribution in [1.82, 2.24) is 19.9 Å². The summed E-state index contributed by atoms with van der Waals surface area (Å²) in [5.41, 5.74) is 1.13. The van der Waals surface area contributed by atoms with E-state index in [-0.39, 0.29) is 11.7 Å². The van der Waals surface area contributed by atoms with Gasteiger partial charge < -0.3 is 15.0 Å². The summed E-state index contributed by atoms with van der Waals surface area (Å²) in [4.78, 5) is 27.4. The molecule has 0 saturated carbocycles. The molecule has 1 aromatic heterocycles. The van der Waals surface area contributed by atoms with E-state index in [1.54, 1.807) is 18.2 Å². The van der Waals surface area contributed by atoms with Crippen LogP contribution in [0.5, 0.6) is 0 Å². The lowest BCUT2D eigenvalue weighted by Gasteiger charge is -2.54. The fraction of sp³-hybridized carbons (Fsp3) is 0.444. The summed E-state index contributed by atoms with van der Waals surface area (Å²) in [6.07, 6.45) is 4.51. The molecule has 1 aromatic carbocycles. The molecule has 2 aliphatic rings. The molecule has 2 fully saturated rings. The Labute approximate surface area is 161 Å². The van der Waals surface area contributed by atoms with Crippen molar-refractivity contribution < 1.29 is 14.3 Å². The number of esters is 1. The smallest absolute Gasteiger partial charge is 0.360 e. The van der Waals surface area contributed by atoms with Gasteiger partial charge in [-0.15, -0.1) is 9.90 Å². The lowest BCUT2D eigenvalue weighted by Crippen LogP contribution is -2.63. The second-order valence-electron chi connectivity index (χ2n) is 7.13. The number of rotatable bonds is 3. The fourth-order valence-electron chi connectivity index (χ4n) is 3.99. The number of methoxy groups -OCH3 is 1. The van der Waals surface area contributed by atoms with Gasteiger partial charge >= 0.3 is 12.0 Å². The topological polar surface area (TPSA) is 89.3 Å². The van der Waals surface area contributed by atoms with Crippen molar-refractivity contribution in [2.24, 2.45) is 5.92 Å². The molecule has 27 heavy (non-hydrogen) atoms. The van der Waals surface area contributed by atoms with Crippen molar-refractivity contribution in [3.8, 4) is 5.69 Å². The minimum Gasteiger partial charge on any atom is -0.464 e. The van der Waals surface area contributed by atoms with Crippen LogP contribution in [-0.4, -0.2) is 51.1 Å². The Morgan fingerprint density at radius 3 is 2.70 bits per heavy atom. The van der Waals surface area contributed by atoms with Gasteiger partial charge in [-0.1, -0.05) is 18.5 Å². The standard InChI is InChI=1S/C18H20ClN5O3/c1-10-5-12-8-13(6-10)23(12)18(26)21-11-3-4-14(19)16(7-11)24-20-9-15(22-24)17(25)27-2/h3-4,7,9-10,12-13H,5-6,8H2,1-2H3,(H,21,26). The van der Waals surface area contributed by atoms with Gasteiger partial charge in [-0.05, 0) is 43.4 Å². The number of carbonyl (C=O) groups is 2. The van der Waals surface area contributed by atoms with Crippen LogP contribution in [0.3, 0.4) is 0 Å². The predicted octanol–water partition coefficient (Wildman–Crippen LogP) is 3.11. The number of benzene rings is 1. The van der Waals surface area contributed by atoms with Crippen LogP contribution in [0.15, 0.2) is 24.4 Å². The fourth-order valence-corrected chi connectivity index (χ4v) is 4.18. The zero-order valence-corrected chi connectivity index (χ0v) is 15.8. The number of fused-ring (bicyclic) bond motifs is 2. The quantitative estimate of drug-likeness (QED) is 0.814. The molecule has 9 heteroatoms. The maximum atomic E-state index is 12.7. The van der Waals surface area contributed by atoms with Crippen LogP contribution in [-0.2, 0) is 4.74 Å². The van der Waals surface area contributed by atoms with Gasteiger partial charge in [0.05, 0.1) is 18.3 Å². The van der Waals surface area contributed by atoms with Gasteiger partial charge in [0.2, 0.25) is 0 Å². The summed E-state index contributed by atoms with van der Waals surface area (Å²) < 4.78 is 4.63. The molecule has 1 N–H and O–H groups in total. The summed E-state index contributed by atoms with van der Waals surface area (Å²) in [6.45, 7) is 2.24. The van der Waals surface area contributed by atoms with E-state index in [1.165, 1.54) is 18.1 Å². The first-order chi connectivity index (χ1) is 13.0. The van der Waals surface area contributed by atoms with Gasteiger partial charge in [0.25, 0.3) is 0 Å². The Morgan fingerprint density at radius 1 is 1.26 bits per heavy atom. The molecular weight excluding hydrogens is 370 g/mol. The first kappa shape index (κ1) is 17.8. The summed E-state index contributed by atoms with van der Waals surface area (Å²) >= 11 is 6.24. The van der Waals surface area contributed by atoms with Crippen molar-refractivity contribution in [3.05, 3.63) is 35.1 Å². The zero-order chi connectivity index (χ0) is 19.1. The van der Waals surface area contributed by atoms with Crippen LogP contribution >= 0.6 is 11.6 Å². The van der Waals surface area contributed by atoms with E-state index in [2.05, 4.69) is 27.2 Å². The molecule has 2 unspecified atom stereocenters. The third-order valence-electron chi connectivity index (χ3n) is 5.21. The monoisotopic (exact) mass is 389 g/mol. The number of anilines is 1. The van der Waals surface area contributed by atoms with Crippen molar-refractivity contribution in [2.45, 2.75) is 38.3 Å². The van der Waals surface area contributed by atoms with E-state index >= 15 is 0 Å². The number of urea groups is 1. The SMILES string of the molecule is COC(=O)c1cnn(-c2cc(NC(=O)N3C4CC(C)CC3C4)ccc2Cl)n1. The maximum absolute atomic E-state index is 12.7. The molecule has 0 spiro atoms. The predicted molar refractivity (Wildman–Crippen MR) is 99.2 cm³/mol. The van der Waals surface area contributed by atoms with Crippen molar-refractivity contribution in [3.63, 3.8) is 0 Å². The number of nitrogens with zero attached hydrogens (tertiary/aromatic N) is 4. The molecule has 3 heterocycles. The number of hydrogen-bond acceptors (Lipinski definition) is 5. The van der Waals surface area contributed by atoms with Gasteiger partial charge in [-0.3, -0.25) is 0 Å². The molecule has 8 nitrogen and oxygen atoms in total. The molecule has 0 aliphatic carbocycles. The van der Waals surface area contributed by atoms with Gasteiger partial charge in [0.15, 0.2) is 5.69 Å². The average molecular weight is 390 g/mol. The van der Waals surface area contributed by atoms with Gasteiger partial charge in [-0.2, -0.15) is 5.10 Å². The van der Waals surface area contributed by atoms with E-state index < -0.39 is 5.97 Å². The summed E-state index contributed by atoms with van der Waals surface area (Å²) in [5.74, 6) is 0.0928. The Morgan fingerprint density at radius 2 is 2.00 bits per heavy atom. The third kappa shape index (κ3) is 3.25. The first-order valence-electron chi connectivity index (χ1n) is 8.86. The summed E-state index contributed by atoms with van der Waals surface area (Å²) in [7, 11) is 1.27. The van der Waals surface area contributed by atoms with E-state index in [1.807, 2.05) is 4.90 Å². The van der Waals surface area contributed by atoms with Gasteiger partial charge in [0, 0.05) is 17.8 Å². The molecule has 0 radical (unpaired) electrons. The molecule has 2 atom stereocenters. The van der Waals surface area contributed by atoms with Crippen LogP contribution in [0.4, 0.5) is 10.5 Å². The lowest BCUT2D eigenvalue weighted by molar-refractivity contribution is -0.00601. The van der Waals surface area contributed by atoms with Gasteiger partial charge in [-0.25, -0.2) is 9.59 Å². The van der Waals surface area contributed by atoms with E-state index in [0.717, 1.165) is 19.3 Å². The maximum Gasteiger partial charge on any atom is 0.360 e. The molecule has 2 bridgehead atoms. The van der Waals surface area contributed by atoms with E-state index in [0.29, 0.717) is 34.4 Å². The van der Waals surface area contributed by atoms with Crippen LogP contribution in [0.2, 0.25) is 5.02 Å². The number of ether oxygens (including phenoxy) is 1. The lowest BCUT2D eigenvalue weighted by atomic mass is 9.74. The number of carbonyl (C=O) groups excluding carboxylic acids is 2. The Hall–Kier alpha value is -2.61. The molecule has 2 saturated heterocycles. The first-order valence-corrected chi connectivity index (χ1v) is 9.24. The number of piperidine rings is 1. The van der Waals surface area contributed by atoms with Crippen molar-refractivity contribution in [2.75, 3.05) is 12.4 Å². The highest BCUT2D eigenvalue weighted by Gasteiger charge is 2.46. The molecule has 142 valence electrons. The Bertz CT molecular complexity index is 887. The third-order valence-corrected chi connectivity index (χ3v) is 5.53. The molecule has 2 amide bonds. The van der Waals surface area contributed by atoms with Crippen LogP contribution in [0.25, 0.3) is 5.69 Å². The van der Waals surface area contributed by atoms with Crippen LogP contribution in [0.1, 0.15) is 36.7 Å². The second kappa shape index (κ2) is 6.84. The Kier molecular flexibility index (Phi) is 4.51. The minimum absolute atomic E-state index is 0.0746. The van der Waals surface area contributed by atoms with E-state index in [4.69, 9.17) is 11.6 Å². The summed E-state index contributed by atoms with van der Waals surface area (Å²) in [5, 5.41) is 11.5. The van der Waals surface area contributed by atoms with Crippen molar-refractivity contribution in [1.29, 1.82) is 0 Å². The molecule has 2 aliphatic heterocycles. The molecule has 2 aromatic rings. The minimum atomic E-state index is -0.583. The van der Waals surface area contributed by atoms with Gasteiger partial charge in [0.1, 0.15) is 5.69 Å². The van der Waals surface area contributed by atoms with Crippen molar-refractivity contribution >= 4 is 29.3 Å². The molecular formula is C18H20ClN5O3. The normalized spacial score (nSPS) is 23.5. The highest BCUT2D eigenvalue weighted by molar-refractivity contribution is 6.32. The summed E-state index contributed by atoms with van der Waals surface area (Å²) in [6, 6.07) is 5.64. The van der Waals surface area contributed by atoms with Crippen LogP contribution in [0, 0.1) is 5.92 Å². The second-order valence-corrected chi connectivity index (χ2v) is 7.54. The average Bonchev–Trinajstić information content (AvgIpc) is 3.12. The van der Waals surface area contributed by atoms with E-state index in [9.17, 15) is 9.59 Å². The highest BCUT2D eigenvalue weighted by Crippen LogP contribution is 2.41. The largest absolute Gasteiger partial charge is 0.464 e. The Balaban J connectivity index is 1.52. The molecule has 4 rings (SSSR count). The zero-order valence-electron chi connectivity index (χ0n) is 15.1. The number of nitrogens with one attached hydrogen (secondary N) is 1. The number of halogens is 1. The number of amides is 2.